The molecule has 1 amide bonds. The standard InChI is InChI=1S/C26H28N2O5S/c1-4-33-26(30)22-18-13-14-28(15-17-9-6-5-7-10-17)16-21(18)34-25(22)27-24(29)23-19(31-2)11-8-12-20(23)32-3/h5-12H,4,13-16H2,1-3H3,(H,27,29). The summed E-state index contributed by atoms with van der Waals surface area (Å²) < 4.78 is 16.1. The number of fused-ring (bicyclic) bond motifs is 1. The van der Waals surface area contributed by atoms with Crippen LogP contribution in [0.2, 0.25) is 0 Å². The van der Waals surface area contributed by atoms with E-state index in [4.69, 9.17) is 14.2 Å². The van der Waals surface area contributed by atoms with Gasteiger partial charge in [0.2, 0.25) is 0 Å². The average molecular weight is 481 g/mol. The molecule has 0 atom stereocenters. The van der Waals surface area contributed by atoms with Gasteiger partial charge in [0, 0.05) is 24.5 Å². The number of nitrogens with one attached hydrogen (secondary N) is 1. The molecule has 8 heteroatoms. The average Bonchev–Trinajstić information content (AvgIpc) is 3.21. The van der Waals surface area contributed by atoms with Crippen molar-refractivity contribution in [2.75, 3.05) is 32.7 Å². The van der Waals surface area contributed by atoms with E-state index in [0.717, 1.165) is 23.5 Å². The Labute approximate surface area is 203 Å². The monoisotopic (exact) mass is 480 g/mol. The van der Waals surface area contributed by atoms with E-state index in [2.05, 4.69) is 22.3 Å². The van der Waals surface area contributed by atoms with Gasteiger partial charge in [0.1, 0.15) is 22.1 Å². The summed E-state index contributed by atoms with van der Waals surface area (Å²) in [5.41, 5.74) is 2.92. The number of carbonyl (C=O) groups excluding carboxylic acids is 2. The van der Waals surface area contributed by atoms with E-state index in [1.54, 1.807) is 25.1 Å². The molecule has 1 aliphatic heterocycles. The number of thiophene rings is 1. The molecule has 0 aliphatic carbocycles. The van der Waals surface area contributed by atoms with E-state index in [0.29, 0.717) is 35.0 Å². The first-order valence-electron chi connectivity index (χ1n) is 11.2. The molecule has 1 aliphatic rings. The van der Waals surface area contributed by atoms with Gasteiger partial charge >= 0.3 is 5.97 Å². The SMILES string of the molecule is CCOC(=O)c1c(NC(=O)c2c(OC)cccc2OC)sc2c1CCN(Cc1ccccc1)C2. The largest absolute Gasteiger partial charge is 0.496 e. The lowest BCUT2D eigenvalue weighted by Crippen LogP contribution is -2.29. The molecule has 0 fully saturated rings. The molecule has 1 aromatic heterocycles. The molecule has 34 heavy (non-hydrogen) atoms. The Hall–Kier alpha value is -3.36. The molecule has 0 saturated heterocycles. The van der Waals surface area contributed by atoms with Gasteiger partial charge in [0.15, 0.2) is 0 Å². The second-order valence-electron chi connectivity index (χ2n) is 7.87. The van der Waals surface area contributed by atoms with Crippen LogP contribution in [0, 0.1) is 0 Å². The molecule has 1 N–H and O–H groups in total. The number of methoxy groups -OCH3 is 2. The minimum Gasteiger partial charge on any atom is -0.496 e. The van der Waals surface area contributed by atoms with Gasteiger partial charge in [-0.2, -0.15) is 0 Å². The first kappa shape index (κ1) is 23.8. The molecule has 0 saturated carbocycles. The van der Waals surface area contributed by atoms with Crippen molar-refractivity contribution in [3.8, 4) is 11.5 Å². The van der Waals surface area contributed by atoms with Crippen LogP contribution in [0.15, 0.2) is 48.5 Å². The predicted octanol–water partition coefficient (Wildman–Crippen LogP) is 4.75. The summed E-state index contributed by atoms with van der Waals surface area (Å²) in [4.78, 5) is 29.6. The number of ether oxygens (including phenoxy) is 3. The van der Waals surface area contributed by atoms with Gasteiger partial charge in [-0.25, -0.2) is 4.79 Å². The highest BCUT2D eigenvalue weighted by Crippen LogP contribution is 2.39. The summed E-state index contributed by atoms with van der Waals surface area (Å²) in [6, 6.07) is 15.5. The van der Waals surface area contributed by atoms with E-state index >= 15 is 0 Å². The maximum absolute atomic E-state index is 13.3. The van der Waals surface area contributed by atoms with Gasteiger partial charge < -0.3 is 19.5 Å². The van der Waals surface area contributed by atoms with Crippen LogP contribution in [0.4, 0.5) is 5.00 Å². The third kappa shape index (κ3) is 4.93. The number of hydrogen-bond acceptors (Lipinski definition) is 7. The Morgan fingerprint density at radius 3 is 2.35 bits per heavy atom. The number of carbonyl (C=O) groups is 2. The van der Waals surface area contributed by atoms with Crippen LogP contribution in [0.3, 0.4) is 0 Å². The smallest absolute Gasteiger partial charge is 0.341 e. The van der Waals surface area contributed by atoms with E-state index in [1.807, 2.05) is 18.2 Å². The number of esters is 1. The molecule has 7 nitrogen and oxygen atoms in total. The molecule has 0 bridgehead atoms. The van der Waals surface area contributed by atoms with E-state index in [9.17, 15) is 9.59 Å². The second kappa shape index (κ2) is 10.7. The van der Waals surface area contributed by atoms with Crippen LogP contribution >= 0.6 is 11.3 Å². The zero-order valence-electron chi connectivity index (χ0n) is 19.6. The minimum absolute atomic E-state index is 0.261. The number of amides is 1. The highest BCUT2D eigenvalue weighted by Gasteiger charge is 2.30. The zero-order valence-corrected chi connectivity index (χ0v) is 20.4. The van der Waals surface area contributed by atoms with E-state index in [-0.39, 0.29) is 12.2 Å². The molecule has 0 unspecified atom stereocenters. The zero-order chi connectivity index (χ0) is 24.1. The molecule has 178 valence electrons. The summed E-state index contributed by atoms with van der Waals surface area (Å²) in [5.74, 6) is -0.0341. The molecule has 0 radical (unpaired) electrons. The first-order valence-corrected chi connectivity index (χ1v) is 12.0. The Kier molecular flexibility index (Phi) is 7.49. The molecule has 3 aromatic rings. The lowest BCUT2D eigenvalue weighted by Gasteiger charge is -2.27. The molecule has 0 spiro atoms. The van der Waals surface area contributed by atoms with Gasteiger partial charge in [0.25, 0.3) is 5.91 Å². The third-order valence-corrected chi connectivity index (χ3v) is 6.88. The minimum atomic E-state index is -0.418. The topological polar surface area (TPSA) is 77.1 Å². The molecular weight excluding hydrogens is 452 g/mol. The number of benzene rings is 2. The van der Waals surface area contributed by atoms with Gasteiger partial charge in [0.05, 0.1) is 26.4 Å². The van der Waals surface area contributed by atoms with Gasteiger partial charge in [-0.1, -0.05) is 36.4 Å². The summed E-state index contributed by atoms with van der Waals surface area (Å²) in [6.07, 6.45) is 0.709. The summed E-state index contributed by atoms with van der Waals surface area (Å²) in [6.45, 7) is 4.38. The van der Waals surface area contributed by atoms with Crippen molar-refractivity contribution in [1.82, 2.24) is 4.90 Å². The van der Waals surface area contributed by atoms with Crippen molar-refractivity contribution in [2.24, 2.45) is 0 Å². The molecular formula is C26H28N2O5S. The second-order valence-corrected chi connectivity index (χ2v) is 8.97. The highest BCUT2D eigenvalue weighted by atomic mass is 32.1. The maximum atomic E-state index is 13.3. The quantitative estimate of drug-likeness (QED) is 0.469. The van der Waals surface area contributed by atoms with Gasteiger partial charge in [-0.15, -0.1) is 11.3 Å². The fourth-order valence-electron chi connectivity index (χ4n) is 4.18. The predicted molar refractivity (Wildman–Crippen MR) is 132 cm³/mol. The van der Waals surface area contributed by atoms with Crippen LogP contribution in [0.5, 0.6) is 11.5 Å². The van der Waals surface area contributed by atoms with E-state index in [1.165, 1.54) is 31.1 Å². The number of anilines is 1. The van der Waals surface area contributed by atoms with E-state index < -0.39 is 11.9 Å². The Balaban J connectivity index is 1.64. The Morgan fingerprint density at radius 2 is 1.71 bits per heavy atom. The third-order valence-electron chi connectivity index (χ3n) is 5.75. The van der Waals surface area contributed by atoms with Crippen LogP contribution in [-0.2, 0) is 24.2 Å². The number of hydrogen-bond donors (Lipinski definition) is 1. The molecule has 4 rings (SSSR count). The summed E-state index contributed by atoms with van der Waals surface area (Å²) in [5, 5.41) is 3.43. The Morgan fingerprint density at radius 1 is 1.00 bits per heavy atom. The molecule has 2 heterocycles. The van der Waals surface area contributed by atoms with Crippen molar-refractivity contribution in [3.05, 3.63) is 75.7 Å². The summed E-state index contributed by atoms with van der Waals surface area (Å²) in [7, 11) is 3.00. The van der Waals surface area contributed by atoms with Crippen molar-refractivity contribution < 1.29 is 23.8 Å². The van der Waals surface area contributed by atoms with Crippen LogP contribution in [0.25, 0.3) is 0 Å². The van der Waals surface area contributed by atoms with Crippen molar-refractivity contribution in [1.29, 1.82) is 0 Å². The maximum Gasteiger partial charge on any atom is 0.341 e. The lowest BCUT2D eigenvalue weighted by atomic mass is 10.0. The van der Waals surface area contributed by atoms with Crippen molar-refractivity contribution in [2.45, 2.75) is 26.4 Å². The molecule has 2 aromatic carbocycles. The first-order chi connectivity index (χ1) is 16.5. The van der Waals surface area contributed by atoms with Gasteiger partial charge in [-0.05, 0) is 36.6 Å². The number of rotatable bonds is 8. The van der Waals surface area contributed by atoms with Crippen molar-refractivity contribution in [3.63, 3.8) is 0 Å². The van der Waals surface area contributed by atoms with Gasteiger partial charge in [-0.3, -0.25) is 9.69 Å². The number of nitrogens with zero attached hydrogens (tertiary/aromatic N) is 1. The van der Waals surface area contributed by atoms with Crippen LogP contribution in [-0.4, -0.2) is 44.1 Å². The fourth-order valence-corrected chi connectivity index (χ4v) is 5.45. The normalized spacial score (nSPS) is 13.1. The summed E-state index contributed by atoms with van der Waals surface area (Å²) >= 11 is 1.42. The van der Waals surface area contributed by atoms with Crippen LogP contribution < -0.4 is 14.8 Å². The lowest BCUT2D eigenvalue weighted by molar-refractivity contribution is 0.0526. The highest BCUT2D eigenvalue weighted by molar-refractivity contribution is 7.17. The van der Waals surface area contributed by atoms with Crippen LogP contribution in [0.1, 0.15) is 43.6 Å². The van der Waals surface area contributed by atoms with Crippen molar-refractivity contribution >= 4 is 28.2 Å². The fraction of sp³-hybridized carbons (Fsp3) is 0.308. The Bertz CT molecular complexity index is 1150.